The molecule has 3 rings (SSSR count). The predicted molar refractivity (Wildman–Crippen MR) is 109 cm³/mol. The number of carbonyl (C=O) groups excluding carboxylic acids is 1. The molecule has 1 heterocycles. The van der Waals surface area contributed by atoms with Crippen molar-refractivity contribution < 1.29 is 9.90 Å². The number of aromatic nitrogens is 3. The number of hydrogen-bond donors (Lipinski definition) is 2. The number of nitrogens with zero attached hydrogens (tertiary/aromatic N) is 3. The Balaban J connectivity index is 1.93. The maximum absolute atomic E-state index is 12.6. The molecule has 1 amide bonds. The zero-order valence-corrected chi connectivity index (χ0v) is 17.1. The first-order chi connectivity index (χ1) is 13.3. The van der Waals surface area contributed by atoms with Gasteiger partial charge in [0, 0.05) is 26.2 Å². The summed E-state index contributed by atoms with van der Waals surface area (Å²) in [5, 5.41) is 19.7. The summed E-state index contributed by atoms with van der Waals surface area (Å²) in [5.74, 6) is -0.355. The largest absolute Gasteiger partial charge is 0.381 e. The van der Waals surface area contributed by atoms with Crippen LogP contribution in [-0.4, -0.2) is 31.8 Å². The molecule has 0 aliphatic heterocycles. The molecule has 0 saturated heterocycles. The molecule has 6 nitrogen and oxygen atoms in total. The van der Waals surface area contributed by atoms with E-state index in [1.165, 1.54) is 17.3 Å². The molecule has 2 atom stereocenters. The highest BCUT2D eigenvalue weighted by molar-refractivity contribution is 6.35. The van der Waals surface area contributed by atoms with Crippen molar-refractivity contribution in [3.8, 4) is 0 Å². The number of amides is 1. The Kier molecular flexibility index (Phi) is 6.25. The van der Waals surface area contributed by atoms with Crippen LogP contribution in [0, 0.1) is 0 Å². The summed E-state index contributed by atoms with van der Waals surface area (Å²) < 4.78 is 1.47. The second-order valence-corrected chi connectivity index (χ2v) is 7.62. The summed E-state index contributed by atoms with van der Waals surface area (Å²) in [6.45, 7) is 1.71. The van der Waals surface area contributed by atoms with Crippen molar-refractivity contribution in [2.75, 3.05) is 0 Å². The Hall–Kier alpha value is -2.12. The lowest BCUT2D eigenvalue weighted by Gasteiger charge is -2.35. The van der Waals surface area contributed by atoms with E-state index in [0.717, 1.165) is 0 Å². The van der Waals surface area contributed by atoms with E-state index >= 15 is 0 Å². The van der Waals surface area contributed by atoms with Crippen molar-refractivity contribution in [2.45, 2.75) is 25.1 Å². The third-order valence-electron chi connectivity index (χ3n) is 4.44. The van der Waals surface area contributed by atoms with E-state index < -0.39 is 11.6 Å². The van der Waals surface area contributed by atoms with Crippen LogP contribution in [0.3, 0.4) is 0 Å². The molecule has 2 N–H and O–H groups in total. The Bertz CT molecular complexity index is 964. The van der Waals surface area contributed by atoms with Gasteiger partial charge in [-0.2, -0.15) is 5.10 Å². The molecular weight excluding hydrogens is 423 g/mol. The molecule has 2 aromatic carbocycles. The van der Waals surface area contributed by atoms with E-state index in [-0.39, 0.29) is 17.5 Å². The van der Waals surface area contributed by atoms with E-state index in [1.54, 1.807) is 49.4 Å². The minimum Gasteiger partial charge on any atom is -0.381 e. The molecule has 0 saturated carbocycles. The molecule has 0 spiro atoms. The smallest absolute Gasteiger partial charge is 0.251 e. The summed E-state index contributed by atoms with van der Waals surface area (Å²) in [4.78, 5) is 16.5. The van der Waals surface area contributed by atoms with Crippen LogP contribution in [0.2, 0.25) is 15.1 Å². The molecule has 0 aliphatic carbocycles. The van der Waals surface area contributed by atoms with Crippen molar-refractivity contribution in [3.63, 3.8) is 0 Å². The average Bonchev–Trinajstić information content (AvgIpc) is 3.14. The lowest BCUT2D eigenvalue weighted by molar-refractivity contribution is -0.0155. The normalized spacial score (nSPS) is 14.3. The van der Waals surface area contributed by atoms with Gasteiger partial charge in [0.25, 0.3) is 5.91 Å². The van der Waals surface area contributed by atoms with Crippen LogP contribution in [0.1, 0.15) is 22.8 Å². The quantitative estimate of drug-likeness (QED) is 0.609. The standard InChI is InChI=1S/C19H17Cl3N4O2/c1-12(25-18(27)13-2-4-14(20)5-3-13)19(28,9-26-11-23-10-24-26)16-7-6-15(21)8-17(16)22/h2-8,10-12,28H,9H2,1H3,(H,25,27)/t12-,19+/m0/s1. The van der Waals surface area contributed by atoms with Crippen LogP contribution >= 0.6 is 34.8 Å². The molecule has 0 aliphatic rings. The molecule has 0 fully saturated rings. The summed E-state index contributed by atoms with van der Waals surface area (Å²) in [5.41, 5.74) is -0.739. The molecule has 3 aromatic rings. The maximum Gasteiger partial charge on any atom is 0.251 e. The number of carbonyl (C=O) groups is 1. The summed E-state index contributed by atoms with van der Waals surface area (Å²) in [7, 11) is 0. The van der Waals surface area contributed by atoms with Crippen LogP contribution in [0.25, 0.3) is 0 Å². The van der Waals surface area contributed by atoms with Crippen LogP contribution in [-0.2, 0) is 12.1 Å². The van der Waals surface area contributed by atoms with E-state index in [2.05, 4.69) is 15.4 Å². The van der Waals surface area contributed by atoms with Gasteiger partial charge in [0.05, 0.1) is 12.6 Å². The molecular formula is C19H17Cl3N4O2. The zero-order chi connectivity index (χ0) is 20.3. The van der Waals surface area contributed by atoms with Crippen LogP contribution < -0.4 is 5.32 Å². The Morgan fingerprint density at radius 1 is 1.18 bits per heavy atom. The van der Waals surface area contributed by atoms with Crippen molar-refractivity contribution >= 4 is 40.7 Å². The van der Waals surface area contributed by atoms with Gasteiger partial charge in [0.15, 0.2) is 0 Å². The zero-order valence-electron chi connectivity index (χ0n) is 14.8. The highest BCUT2D eigenvalue weighted by Gasteiger charge is 2.39. The third kappa shape index (κ3) is 4.47. The highest BCUT2D eigenvalue weighted by Crippen LogP contribution is 2.34. The van der Waals surface area contributed by atoms with Gasteiger partial charge < -0.3 is 10.4 Å². The second-order valence-electron chi connectivity index (χ2n) is 6.34. The second kappa shape index (κ2) is 8.49. The fourth-order valence-electron chi connectivity index (χ4n) is 2.86. The predicted octanol–water partition coefficient (Wildman–Crippen LogP) is 3.94. The van der Waals surface area contributed by atoms with Gasteiger partial charge in [0.2, 0.25) is 0 Å². The molecule has 0 unspecified atom stereocenters. The summed E-state index contributed by atoms with van der Waals surface area (Å²) in [6.07, 6.45) is 2.84. The third-order valence-corrected chi connectivity index (χ3v) is 5.24. The first-order valence-corrected chi connectivity index (χ1v) is 9.50. The van der Waals surface area contributed by atoms with Crippen LogP contribution in [0.5, 0.6) is 0 Å². The van der Waals surface area contributed by atoms with E-state index in [1.807, 2.05) is 0 Å². The van der Waals surface area contributed by atoms with Gasteiger partial charge in [-0.25, -0.2) is 9.67 Å². The van der Waals surface area contributed by atoms with E-state index in [0.29, 0.717) is 21.2 Å². The van der Waals surface area contributed by atoms with Gasteiger partial charge in [-0.1, -0.05) is 40.9 Å². The molecule has 0 bridgehead atoms. The number of benzene rings is 2. The number of hydrogen-bond acceptors (Lipinski definition) is 4. The van der Waals surface area contributed by atoms with Gasteiger partial charge in [0.1, 0.15) is 18.3 Å². The van der Waals surface area contributed by atoms with Crippen LogP contribution in [0.15, 0.2) is 55.1 Å². The molecule has 146 valence electrons. The first kappa shape index (κ1) is 20.6. The lowest BCUT2D eigenvalue weighted by Crippen LogP contribution is -2.51. The van der Waals surface area contributed by atoms with Crippen molar-refractivity contribution in [1.29, 1.82) is 0 Å². The van der Waals surface area contributed by atoms with Crippen LogP contribution in [0.4, 0.5) is 0 Å². The van der Waals surface area contributed by atoms with Crippen molar-refractivity contribution in [2.24, 2.45) is 0 Å². The number of nitrogens with one attached hydrogen (secondary N) is 1. The number of aliphatic hydroxyl groups is 1. The fourth-order valence-corrected chi connectivity index (χ4v) is 3.56. The minimum absolute atomic E-state index is 0.0242. The van der Waals surface area contributed by atoms with Gasteiger partial charge in [-0.15, -0.1) is 0 Å². The van der Waals surface area contributed by atoms with Gasteiger partial charge in [-0.05, 0) is 43.3 Å². The SMILES string of the molecule is C[C@H](NC(=O)c1ccc(Cl)cc1)[C@](O)(Cn1cncn1)c1ccc(Cl)cc1Cl. The fraction of sp³-hybridized carbons (Fsp3) is 0.211. The van der Waals surface area contributed by atoms with Gasteiger partial charge in [-0.3, -0.25) is 4.79 Å². The molecule has 9 heteroatoms. The average molecular weight is 440 g/mol. The highest BCUT2D eigenvalue weighted by atomic mass is 35.5. The topological polar surface area (TPSA) is 80.0 Å². The van der Waals surface area contributed by atoms with Gasteiger partial charge >= 0.3 is 0 Å². The van der Waals surface area contributed by atoms with E-state index in [4.69, 9.17) is 34.8 Å². The van der Waals surface area contributed by atoms with E-state index in [9.17, 15) is 9.90 Å². The maximum atomic E-state index is 12.6. The summed E-state index contributed by atoms with van der Waals surface area (Å²) in [6, 6.07) is 10.5. The Morgan fingerprint density at radius 3 is 2.46 bits per heavy atom. The van der Waals surface area contributed by atoms with Crippen molar-refractivity contribution in [3.05, 3.63) is 81.3 Å². The number of halogens is 3. The molecule has 0 radical (unpaired) electrons. The lowest BCUT2D eigenvalue weighted by atomic mass is 9.86. The monoisotopic (exact) mass is 438 g/mol. The minimum atomic E-state index is -1.57. The molecule has 28 heavy (non-hydrogen) atoms. The first-order valence-electron chi connectivity index (χ1n) is 8.36. The Labute approximate surface area is 177 Å². The summed E-state index contributed by atoms with van der Waals surface area (Å²) >= 11 is 18.2. The molecule has 1 aromatic heterocycles. The van der Waals surface area contributed by atoms with Crippen molar-refractivity contribution in [1.82, 2.24) is 20.1 Å². The number of rotatable bonds is 6. The Morgan fingerprint density at radius 2 is 1.86 bits per heavy atom.